The van der Waals surface area contributed by atoms with E-state index in [2.05, 4.69) is 15.7 Å². The summed E-state index contributed by atoms with van der Waals surface area (Å²) in [6.45, 7) is 0.0142. The molecule has 4 N–H and O–H groups in total. The summed E-state index contributed by atoms with van der Waals surface area (Å²) in [5.41, 5.74) is 5.91. The highest BCUT2D eigenvalue weighted by Crippen LogP contribution is 1.96. The summed E-state index contributed by atoms with van der Waals surface area (Å²) in [6.07, 6.45) is 2.99. The van der Waals surface area contributed by atoms with E-state index in [1.807, 2.05) is 0 Å². The van der Waals surface area contributed by atoms with Crippen molar-refractivity contribution >= 4 is 17.5 Å². The Bertz CT molecular complexity index is 360. The van der Waals surface area contributed by atoms with Gasteiger partial charge in [-0.25, -0.2) is 0 Å². The molecule has 0 aliphatic carbocycles. The molecule has 7 heteroatoms. The van der Waals surface area contributed by atoms with Gasteiger partial charge in [0.25, 0.3) is 0 Å². The van der Waals surface area contributed by atoms with Gasteiger partial charge in [0.15, 0.2) is 0 Å². The topological polar surface area (TPSA) is 102 Å². The SMILES string of the molecule is CNC(=O)CNC(=O)Cn1cc(N)cn1. The number of hydrogen-bond donors (Lipinski definition) is 3. The van der Waals surface area contributed by atoms with E-state index in [0.29, 0.717) is 5.69 Å². The van der Waals surface area contributed by atoms with Crippen LogP contribution in [0.5, 0.6) is 0 Å². The zero-order valence-electron chi connectivity index (χ0n) is 8.36. The van der Waals surface area contributed by atoms with Gasteiger partial charge >= 0.3 is 0 Å². The molecule has 0 saturated carbocycles. The molecule has 82 valence electrons. The molecule has 0 unspecified atom stereocenters. The van der Waals surface area contributed by atoms with Crippen LogP contribution in [-0.2, 0) is 16.1 Å². The maximum absolute atomic E-state index is 11.2. The van der Waals surface area contributed by atoms with Crippen molar-refractivity contribution in [2.24, 2.45) is 0 Å². The number of carbonyl (C=O) groups excluding carboxylic acids is 2. The molecular formula is C8H13N5O2. The molecule has 0 bridgehead atoms. The van der Waals surface area contributed by atoms with Crippen molar-refractivity contribution < 1.29 is 9.59 Å². The number of nitrogen functional groups attached to an aromatic ring is 1. The third-order valence-electron chi connectivity index (χ3n) is 1.68. The van der Waals surface area contributed by atoms with Gasteiger partial charge in [-0.05, 0) is 0 Å². The fourth-order valence-electron chi connectivity index (χ4n) is 0.936. The number of rotatable bonds is 4. The molecule has 0 spiro atoms. The molecule has 7 nitrogen and oxygen atoms in total. The van der Waals surface area contributed by atoms with Gasteiger partial charge in [-0.3, -0.25) is 14.3 Å². The predicted molar refractivity (Wildman–Crippen MR) is 53.7 cm³/mol. The standard InChI is InChI=1S/C8H13N5O2/c1-10-7(14)3-11-8(15)5-13-4-6(9)2-12-13/h2,4H,3,5,9H2,1H3,(H,10,14)(H,11,15). The molecule has 0 saturated heterocycles. The van der Waals surface area contributed by atoms with E-state index < -0.39 is 0 Å². The number of carbonyl (C=O) groups is 2. The second-order valence-corrected chi connectivity index (χ2v) is 2.92. The molecule has 1 aromatic heterocycles. The van der Waals surface area contributed by atoms with Gasteiger partial charge in [0, 0.05) is 13.2 Å². The number of anilines is 1. The van der Waals surface area contributed by atoms with E-state index in [1.54, 1.807) is 6.20 Å². The number of aromatic nitrogens is 2. The molecule has 0 radical (unpaired) electrons. The normalized spacial score (nSPS) is 9.67. The van der Waals surface area contributed by atoms with Crippen LogP contribution in [0.4, 0.5) is 5.69 Å². The summed E-state index contributed by atoms with van der Waals surface area (Å²) in [4.78, 5) is 22.1. The Morgan fingerprint density at radius 2 is 2.27 bits per heavy atom. The van der Waals surface area contributed by atoms with Crippen LogP contribution in [0.2, 0.25) is 0 Å². The van der Waals surface area contributed by atoms with Crippen LogP contribution in [-0.4, -0.2) is 35.2 Å². The lowest BCUT2D eigenvalue weighted by molar-refractivity contribution is -0.126. The largest absolute Gasteiger partial charge is 0.396 e. The molecule has 15 heavy (non-hydrogen) atoms. The first-order chi connectivity index (χ1) is 7.11. The van der Waals surface area contributed by atoms with Crippen LogP contribution >= 0.6 is 0 Å². The molecule has 0 aromatic carbocycles. The van der Waals surface area contributed by atoms with Crippen molar-refractivity contribution in [2.75, 3.05) is 19.3 Å². The highest BCUT2D eigenvalue weighted by molar-refractivity contribution is 5.84. The third-order valence-corrected chi connectivity index (χ3v) is 1.68. The maximum Gasteiger partial charge on any atom is 0.242 e. The first kappa shape index (κ1) is 11.0. The highest BCUT2D eigenvalue weighted by Gasteiger charge is 2.05. The van der Waals surface area contributed by atoms with Gasteiger partial charge in [0.1, 0.15) is 6.54 Å². The van der Waals surface area contributed by atoms with Gasteiger partial charge in [0.2, 0.25) is 11.8 Å². The zero-order valence-corrected chi connectivity index (χ0v) is 8.36. The van der Waals surface area contributed by atoms with Gasteiger partial charge in [0.05, 0.1) is 18.4 Å². The van der Waals surface area contributed by atoms with Gasteiger partial charge in [-0.1, -0.05) is 0 Å². The molecule has 1 aromatic rings. The minimum atomic E-state index is -0.290. The Morgan fingerprint density at radius 3 is 2.80 bits per heavy atom. The molecule has 1 rings (SSSR count). The first-order valence-electron chi connectivity index (χ1n) is 4.37. The zero-order chi connectivity index (χ0) is 11.3. The van der Waals surface area contributed by atoms with Crippen molar-refractivity contribution in [1.82, 2.24) is 20.4 Å². The minimum Gasteiger partial charge on any atom is -0.396 e. The quantitative estimate of drug-likeness (QED) is 0.554. The van der Waals surface area contributed by atoms with E-state index in [-0.39, 0.29) is 24.9 Å². The number of amides is 2. The monoisotopic (exact) mass is 211 g/mol. The summed E-state index contributed by atoms with van der Waals surface area (Å²) in [5, 5.41) is 8.66. The average molecular weight is 211 g/mol. The van der Waals surface area contributed by atoms with E-state index in [1.165, 1.54) is 17.9 Å². The van der Waals surface area contributed by atoms with Gasteiger partial charge < -0.3 is 16.4 Å². The summed E-state index contributed by atoms with van der Waals surface area (Å²) in [6, 6.07) is 0. The van der Waals surface area contributed by atoms with Gasteiger partial charge in [-0.2, -0.15) is 5.10 Å². The Balaban J connectivity index is 2.33. The number of likely N-dealkylation sites (N-methyl/N-ethyl adjacent to an activating group) is 1. The van der Waals surface area contributed by atoms with Crippen molar-refractivity contribution in [3.05, 3.63) is 12.4 Å². The van der Waals surface area contributed by atoms with Crippen LogP contribution < -0.4 is 16.4 Å². The van der Waals surface area contributed by atoms with Gasteiger partial charge in [-0.15, -0.1) is 0 Å². The number of nitrogens with two attached hydrogens (primary N) is 1. The number of nitrogens with zero attached hydrogens (tertiary/aromatic N) is 2. The molecule has 0 aliphatic heterocycles. The fraction of sp³-hybridized carbons (Fsp3) is 0.375. The van der Waals surface area contributed by atoms with Crippen molar-refractivity contribution in [2.45, 2.75) is 6.54 Å². The Hall–Kier alpha value is -2.05. The van der Waals surface area contributed by atoms with Crippen LogP contribution in [0, 0.1) is 0 Å². The van der Waals surface area contributed by atoms with Crippen LogP contribution in [0.25, 0.3) is 0 Å². The lowest BCUT2D eigenvalue weighted by Gasteiger charge is -2.03. The smallest absolute Gasteiger partial charge is 0.242 e. The van der Waals surface area contributed by atoms with Crippen LogP contribution in [0.15, 0.2) is 12.4 Å². The second kappa shape index (κ2) is 4.99. The summed E-state index contributed by atoms with van der Waals surface area (Å²) < 4.78 is 1.40. The highest BCUT2D eigenvalue weighted by atomic mass is 16.2. The lowest BCUT2D eigenvalue weighted by atomic mass is 10.5. The molecule has 0 atom stereocenters. The van der Waals surface area contributed by atoms with E-state index in [9.17, 15) is 9.59 Å². The Morgan fingerprint density at radius 1 is 1.53 bits per heavy atom. The van der Waals surface area contributed by atoms with Crippen LogP contribution in [0.1, 0.15) is 0 Å². The average Bonchev–Trinajstić information content (AvgIpc) is 2.60. The number of hydrogen-bond acceptors (Lipinski definition) is 4. The van der Waals surface area contributed by atoms with Crippen molar-refractivity contribution in [3.63, 3.8) is 0 Å². The van der Waals surface area contributed by atoms with E-state index >= 15 is 0 Å². The molecule has 0 aliphatic rings. The predicted octanol–water partition coefficient (Wildman–Crippen LogP) is -1.67. The van der Waals surface area contributed by atoms with E-state index in [4.69, 9.17) is 5.73 Å². The maximum atomic E-state index is 11.2. The Labute approximate surface area is 86.6 Å². The summed E-state index contributed by atoms with van der Waals surface area (Å²) in [7, 11) is 1.50. The van der Waals surface area contributed by atoms with E-state index in [0.717, 1.165) is 0 Å². The lowest BCUT2D eigenvalue weighted by Crippen LogP contribution is -2.36. The molecule has 0 fully saturated rings. The minimum absolute atomic E-state index is 0.0356. The first-order valence-corrected chi connectivity index (χ1v) is 4.37. The van der Waals surface area contributed by atoms with Crippen LogP contribution in [0.3, 0.4) is 0 Å². The van der Waals surface area contributed by atoms with Crippen molar-refractivity contribution in [1.29, 1.82) is 0 Å². The summed E-state index contributed by atoms with van der Waals surface area (Å²) >= 11 is 0. The summed E-state index contributed by atoms with van der Waals surface area (Å²) in [5.74, 6) is -0.537. The fourth-order valence-corrected chi connectivity index (χ4v) is 0.936. The number of nitrogens with one attached hydrogen (secondary N) is 2. The third kappa shape index (κ3) is 3.67. The second-order valence-electron chi connectivity index (χ2n) is 2.92. The Kier molecular flexibility index (Phi) is 3.67. The molecule has 1 heterocycles. The molecule has 2 amide bonds. The molecular weight excluding hydrogens is 198 g/mol. The van der Waals surface area contributed by atoms with Crippen molar-refractivity contribution in [3.8, 4) is 0 Å².